The molecule has 2 amide bonds. The SMILES string of the molecule is Cc1ccc(S(=O)(=O)N(CC(=O)N(Cc2cccc(C)c2)C(Cc2ccccc2)C(=O)NC2CCCC2)c2ccccc2F)cc1. The Morgan fingerprint density at radius 2 is 1.48 bits per heavy atom. The molecule has 1 atom stereocenters. The molecule has 0 aromatic heterocycles. The van der Waals surface area contributed by atoms with E-state index in [1.54, 1.807) is 12.1 Å². The Kier molecular flexibility index (Phi) is 10.5. The van der Waals surface area contributed by atoms with Crippen LogP contribution in [0.25, 0.3) is 0 Å². The van der Waals surface area contributed by atoms with Crippen molar-refractivity contribution in [3.05, 3.63) is 131 Å². The molecular weight excluding hydrogens is 601 g/mol. The lowest BCUT2D eigenvalue weighted by atomic mass is 10.0. The lowest BCUT2D eigenvalue weighted by Crippen LogP contribution is -2.54. The van der Waals surface area contributed by atoms with E-state index in [9.17, 15) is 18.0 Å². The zero-order valence-corrected chi connectivity index (χ0v) is 27.0. The fourth-order valence-corrected chi connectivity index (χ4v) is 7.36. The Labute approximate surface area is 271 Å². The van der Waals surface area contributed by atoms with E-state index < -0.39 is 34.3 Å². The number of sulfonamides is 1. The molecule has 0 heterocycles. The van der Waals surface area contributed by atoms with Crippen LogP contribution < -0.4 is 9.62 Å². The Morgan fingerprint density at radius 3 is 2.15 bits per heavy atom. The fourth-order valence-electron chi connectivity index (χ4n) is 5.93. The maximum atomic E-state index is 15.3. The first-order valence-corrected chi connectivity index (χ1v) is 17.1. The summed E-state index contributed by atoms with van der Waals surface area (Å²) >= 11 is 0. The van der Waals surface area contributed by atoms with E-state index in [0.29, 0.717) is 0 Å². The summed E-state index contributed by atoms with van der Waals surface area (Å²) < 4.78 is 44.3. The Balaban J connectivity index is 1.57. The van der Waals surface area contributed by atoms with Gasteiger partial charge in [0.25, 0.3) is 10.0 Å². The molecule has 0 aliphatic heterocycles. The first-order valence-electron chi connectivity index (χ1n) is 15.6. The molecular formula is C37H40FN3O4S. The summed E-state index contributed by atoms with van der Waals surface area (Å²) in [5, 5.41) is 3.16. The molecule has 1 saturated carbocycles. The van der Waals surface area contributed by atoms with Crippen molar-refractivity contribution in [1.82, 2.24) is 10.2 Å². The van der Waals surface area contributed by atoms with Crippen LogP contribution in [0, 0.1) is 19.7 Å². The molecule has 1 aliphatic carbocycles. The summed E-state index contributed by atoms with van der Waals surface area (Å²) in [6.45, 7) is 3.13. The second-order valence-corrected chi connectivity index (χ2v) is 13.8. The van der Waals surface area contributed by atoms with Crippen molar-refractivity contribution in [2.45, 2.75) is 69.5 Å². The number of benzene rings is 4. The van der Waals surface area contributed by atoms with Gasteiger partial charge >= 0.3 is 0 Å². The topological polar surface area (TPSA) is 86.8 Å². The third kappa shape index (κ3) is 8.01. The van der Waals surface area contributed by atoms with Crippen LogP contribution in [0.1, 0.15) is 47.9 Å². The third-order valence-corrected chi connectivity index (χ3v) is 10.2. The van der Waals surface area contributed by atoms with Crippen molar-refractivity contribution in [2.75, 3.05) is 10.8 Å². The van der Waals surface area contributed by atoms with Gasteiger partial charge in [-0.25, -0.2) is 12.8 Å². The van der Waals surface area contributed by atoms with Gasteiger partial charge in [-0.3, -0.25) is 13.9 Å². The van der Waals surface area contributed by atoms with E-state index in [1.165, 1.54) is 35.2 Å². The minimum absolute atomic E-state index is 0.0125. The van der Waals surface area contributed by atoms with Crippen LogP contribution >= 0.6 is 0 Å². The molecule has 46 heavy (non-hydrogen) atoms. The molecule has 1 N–H and O–H groups in total. The normalized spacial score (nSPS) is 14.1. The maximum Gasteiger partial charge on any atom is 0.264 e. The number of carbonyl (C=O) groups is 2. The van der Waals surface area contributed by atoms with Gasteiger partial charge in [0.05, 0.1) is 10.6 Å². The number of nitrogens with one attached hydrogen (secondary N) is 1. The summed E-state index contributed by atoms with van der Waals surface area (Å²) in [5.74, 6) is -1.70. The van der Waals surface area contributed by atoms with Gasteiger partial charge in [0.2, 0.25) is 11.8 Å². The summed E-state index contributed by atoms with van der Waals surface area (Å²) in [6.07, 6.45) is 4.00. The van der Waals surface area contributed by atoms with Crippen LogP contribution in [0.2, 0.25) is 0 Å². The Morgan fingerprint density at radius 1 is 0.826 bits per heavy atom. The largest absolute Gasteiger partial charge is 0.352 e. The molecule has 0 spiro atoms. The minimum atomic E-state index is -4.38. The molecule has 4 aromatic rings. The number of hydrogen-bond donors (Lipinski definition) is 1. The van der Waals surface area contributed by atoms with Crippen molar-refractivity contribution in [3.63, 3.8) is 0 Å². The fraction of sp³-hybridized carbons (Fsp3) is 0.297. The Hall–Kier alpha value is -4.50. The molecule has 0 bridgehead atoms. The van der Waals surface area contributed by atoms with Gasteiger partial charge in [0.15, 0.2) is 0 Å². The molecule has 0 saturated heterocycles. The number of anilines is 1. The van der Waals surface area contributed by atoms with Gasteiger partial charge in [-0.15, -0.1) is 0 Å². The summed E-state index contributed by atoms with van der Waals surface area (Å²) in [4.78, 5) is 30.0. The molecule has 7 nitrogen and oxygen atoms in total. The molecule has 1 aliphatic rings. The van der Waals surface area contributed by atoms with E-state index in [1.807, 2.05) is 68.4 Å². The summed E-state index contributed by atoms with van der Waals surface area (Å²) in [7, 11) is -4.38. The van der Waals surface area contributed by atoms with Crippen molar-refractivity contribution in [1.29, 1.82) is 0 Å². The van der Waals surface area contributed by atoms with Crippen LogP contribution in [0.4, 0.5) is 10.1 Å². The van der Waals surface area contributed by atoms with Crippen LogP contribution in [0.3, 0.4) is 0 Å². The molecule has 240 valence electrons. The van der Waals surface area contributed by atoms with Gasteiger partial charge in [-0.05, 0) is 62.1 Å². The number of nitrogens with zero attached hydrogens (tertiary/aromatic N) is 2. The average molecular weight is 642 g/mol. The van der Waals surface area contributed by atoms with E-state index in [4.69, 9.17) is 0 Å². The highest BCUT2D eigenvalue weighted by molar-refractivity contribution is 7.92. The van der Waals surface area contributed by atoms with Gasteiger partial charge in [0.1, 0.15) is 18.4 Å². The summed E-state index contributed by atoms with van der Waals surface area (Å²) in [5.41, 5.74) is 3.24. The second kappa shape index (κ2) is 14.7. The number of para-hydroxylation sites is 1. The zero-order chi connectivity index (χ0) is 32.7. The number of aryl methyl sites for hydroxylation is 2. The standard InChI is InChI=1S/C37H40FN3O4S/c1-27-19-21-32(22-20-27)46(44,45)41(34-18-9-8-17-33(34)38)26-36(42)40(25-30-14-10-11-28(2)23-30)35(24-29-12-4-3-5-13-29)37(43)39-31-15-6-7-16-31/h3-5,8-14,17-23,31,35H,6-7,15-16,24-26H2,1-2H3,(H,39,43). The number of amides is 2. The van der Waals surface area contributed by atoms with Crippen molar-refractivity contribution < 1.29 is 22.4 Å². The van der Waals surface area contributed by atoms with Gasteiger partial charge in [0, 0.05) is 19.0 Å². The van der Waals surface area contributed by atoms with Crippen molar-refractivity contribution in [3.8, 4) is 0 Å². The summed E-state index contributed by atoms with van der Waals surface area (Å²) in [6, 6.07) is 27.8. The number of rotatable bonds is 12. The van der Waals surface area contributed by atoms with E-state index in [2.05, 4.69) is 5.32 Å². The molecule has 9 heteroatoms. The number of carbonyl (C=O) groups excluding carboxylic acids is 2. The third-order valence-electron chi connectivity index (χ3n) is 8.42. The highest BCUT2D eigenvalue weighted by atomic mass is 32.2. The van der Waals surface area contributed by atoms with Gasteiger partial charge in [-0.1, -0.05) is 103 Å². The highest BCUT2D eigenvalue weighted by Crippen LogP contribution is 2.28. The van der Waals surface area contributed by atoms with E-state index in [-0.39, 0.29) is 35.5 Å². The quantitative estimate of drug-likeness (QED) is 0.196. The van der Waals surface area contributed by atoms with E-state index in [0.717, 1.165) is 58.3 Å². The van der Waals surface area contributed by atoms with Crippen LogP contribution in [-0.2, 0) is 32.6 Å². The first-order chi connectivity index (χ1) is 22.1. The monoisotopic (exact) mass is 641 g/mol. The number of hydrogen-bond acceptors (Lipinski definition) is 4. The molecule has 5 rings (SSSR count). The molecule has 0 radical (unpaired) electrons. The smallest absolute Gasteiger partial charge is 0.264 e. The average Bonchev–Trinajstić information content (AvgIpc) is 3.55. The van der Waals surface area contributed by atoms with Gasteiger partial charge in [-0.2, -0.15) is 0 Å². The molecule has 1 fully saturated rings. The highest BCUT2D eigenvalue weighted by Gasteiger charge is 2.36. The van der Waals surface area contributed by atoms with Gasteiger partial charge < -0.3 is 10.2 Å². The Bertz CT molecular complexity index is 1760. The van der Waals surface area contributed by atoms with Crippen LogP contribution in [0.15, 0.2) is 108 Å². The minimum Gasteiger partial charge on any atom is -0.352 e. The maximum absolute atomic E-state index is 15.3. The predicted octanol–water partition coefficient (Wildman–Crippen LogP) is 6.34. The number of halogens is 1. The predicted molar refractivity (Wildman–Crippen MR) is 178 cm³/mol. The first kappa shape index (κ1) is 32.9. The molecule has 4 aromatic carbocycles. The zero-order valence-electron chi connectivity index (χ0n) is 26.2. The second-order valence-electron chi connectivity index (χ2n) is 12.0. The van der Waals surface area contributed by atoms with Crippen molar-refractivity contribution >= 4 is 27.5 Å². The lowest BCUT2D eigenvalue weighted by Gasteiger charge is -2.34. The van der Waals surface area contributed by atoms with E-state index >= 15 is 4.39 Å². The lowest BCUT2D eigenvalue weighted by molar-refractivity contribution is -0.140. The van der Waals surface area contributed by atoms with Crippen LogP contribution in [-0.4, -0.2) is 43.8 Å². The molecule has 1 unspecified atom stereocenters. The van der Waals surface area contributed by atoms with Crippen LogP contribution in [0.5, 0.6) is 0 Å². The van der Waals surface area contributed by atoms with Crippen molar-refractivity contribution in [2.24, 2.45) is 0 Å².